The zero-order valence-corrected chi connectivity index (χ0v) is 15.6. The first kappa shape index (κ1) is 18.1. The van der Waals surface area contributed by atoms with Crippen LogP contribution in [0.5, 0.6) is 11.5 Å². The lowest BCUT2D eigenvalue weighted by atomic mass is 10.2. The minimum atomic E-state index is 0.149. The largest absolute Gasteiger partial charge is 0.496 e. The molecule has 5 nitrogen and oxygen atoms in total. The van der Waals surface area contributed by atoms with Crippen LogP contribution >= 0.6 is 15.9 Å². The molecule has 2 aromatic rings. The molecule has 0 saturated heterocycles. The number of guanidine groups is 1. The van der Waals surface area contributed by atoms with E-state index in [0.29, 0.717) is 12.5 Å². The Labute approximate surface area is 151 Å². The van der Waals surface area contributed by atoms with Crippen LogP contribution in [0.2, 0.25) is 0 Å². The third-order valence-electron chi connectivity index (χ3n) is 3.16. The van der Waals surface area contributed by atoms with E-state index in [1.165, 1.54) is 0 Å². The van der Waals surface area contributed by atoms with Crippen LogP contribution < -0.4 is 20.5 Å². The highest BCUT2D eigenvalue weighted by Crippen LogP contribution is 2.23. The van der Waals surface area contributed by atoms with Crippen molar-refractivity contribution in [2.75, 3.05) is 12.4 Å². The molecule has 0 fully saturated rings. The van der Waals surface area contributed by atoms with E-state index in [2.05, 4.69) is 26.2 Å². The van der Waals surface area contributed by atoms with E-state index in [0.717, 1.165) is 27.2 Å². The van der Waals surface area contributed by atoms with Gasteiger partial charge in [0.15, 0.2) is 5.96 Å². The zero-order valence-electron chi connectivity index (χ0n) is 14.0. The fourth-order valence-electron chi connectivity index (χ4n) is 2.12. The van der Waals surface area contributed by atoms with E-state index in [1.54, 1.807) is 7.11 Å². The Morgan fingerprint density at radius 3 is 2.54 bits per heavy atom. The molecule has 2 rings (SSSR count). The third-order valence-corrected chi connectivity index (χ3v) is 3.65. The van der Waals surface area contributed by atoms with E-state index < -0.39 is 0 Å². The normalized spacial score (nSPS) is 11.5. The maximum absolute atomic E-state index is 5.96. The topological polar surface area (TPSA) is 68.9 Å². The first-order valence-corrected chi connectivity index (χ1v) is 8.43. The highest BCUT2D eigenvalue weighted by atomic mass is 79.9. The van der Waals surface area contributed by atoms with Gasteiger partial charge in [-0.2, -0.15) is 0 Å². The third kappa shape index (κ3) is 5.45. The van der Waals surface area contributed by atoms with E-state index in [9.17, 15) is 0 Å². The molecule has 0 heterocycles. The Bertz CT molecular complexity index is 700. The molecule has 0 aromatic heterocycles. The summed E-state index contributed by atoms with van der Waals surface area (Å²) in [5.41, 5.74) is 7.77. The lowest BCUT2D eigenvalue weighted by molar-refractivity contribution is 0.242. The number of nitrogens with two attached hydrogens (primary N) is 1. The van der Waals surface area contributed by atoms with E-state index in [-0.39, 0.29) is 6.10 Å². The number of benzene rings is 2. The number of ether oxygens (including phenoxy) is 2. The van der Waals surface area contributed by atoms with Crippen molar-refractivity contribution < 1.29 is 9.47 Å². The monoisotopic (exact) mass is 391 g/mol. The molecule has 0 aliphatic carbocycles. The van der Waals surface area contributed by atoms with Gasteiger partial charge in [-0.1, -0.05) is 15.9 Å². The van der Waals surface area contributed by atoms with Gasteiger partial charge in [0.2, 0.25) is 0 Å². The summed E-state index contributed by atoms with van der Waals surface area (Å²) < 4.78 is 11.9. The Kier molecular flexibility index (Phi) is 6.49. The van der Waals surface area contributed by atoms with Gasteiger partial charge < -0.3 is 20.5 Å². The second kappa shape index (κ2) is 8.59. The van der Waals surface area contributed by atoms with Crippen molar-refractivity contribution in [2.24, 2.45) is 10.7 Å². The summed E-state index contributed by atoms with van der Waals surface area (Å²) in [5, 5.41) is 3.06. The van der Waals surface area contributed by atoms with Gasteiger partial charge in [-0.25, -0.2) is 4.99 Å². The van der Waals surface area contributed by atoms with Crippen LogP contribution in [0, 0.1) is 0 Å². The van der Waals surface area contributed by atoms with Crippen LogP contribution in [0.4, 0.5) is 5.69 Å². The second-order valence-corrected chi connectivity index (χ2v) is 6.39. The van der Waals surface area contributed by atoms with Crippen LogP contribution in [-0.4, -0.2) is 19.2 Å². The molecule has 0 spiro atoms. The van der Waals surface area contributed by atoms with Gasteiger partial charge in [0.05, 0.1) is 19.8 Å². The van der Waals surface area contributed by atoms with Crippen molar-refractivity contribution in [3.63, 3.8) is 0 Å². The lowest BCUT2D eigenvalue weighted by Gasteiger charge is -2.11. The molecule has 128 valence electrons. The molecule has 0 aliphatic heterocycles. The number of nitrogens with one attached hydrogen (secondary N) is 1. The molecule has 24 heavy (non-hydrogen) atoms. The minimum Gasteiger partial charge on any atom is -0.496 e. The summed E-state index contributed by atoms with van der Waals surface area (Å²) >= 11 is 3.45. The van der Waals surface area contributed by atoms with Crippen molar-refractivity contribution in [2.45, 2.75) is 26.5 Å². The van der Waals surface area contributed by atoms with Crippen molar-refractivity contribution in [1.29, 1.82) is 0 Å². The van der Waals surface area contributed by atoms with Crippen LogP contribution in [0.25, 0.3) is 0 Å². The van der Waals surface area contributed by atoms with Crippen LogP contribution in [-0.2, 0) is 6.54 Å². The number of anilines is 1. The average molecular weight is 392 g/mol. The lowest BCUT2D eigenvalue weighted by Crippen LogP contribution is -2.22. The van der Waals surface area contributed by atoms with Gasteiger partial charge in [0, 0.05) is 15.7 Å². The molecule has 0 atom stereocenters. The van der Waals surface area contributed by atoms with Gasteiger partial charge in [-0.3, -0.25) is 0 Å². The fourth-order valence-corrected chi connectivity index (χ4v) is 2.53. The van der Waals surface area contributed by atoms with Crippen molar-refractivity contribution >= 4 is 27.6 Å². The van der Waals surface area contributed by atoms with Crippen molar-refractivity contribution in [1.82, 2.24) is 0 Å². The van der Waals surface area contributed by atoms with E-state index in [1.807, 2.05) is 56.3 Å². The number of methoxy groups -OCH3 is 1. The molecule has 0 unspecified atom stereocenters. The summed E-state index contributed by atoms with van der Waals surface area (Å²) in [5.74, 6) is 1.95. The van der Waals surface area contributed by atoms with Gasteiger partial charge in [-0.05, 0) is 56.3 Å². The van der Waals surface area contributed by atoms with Crippen LogP contribution in [0.3, 0.4) is 0 Å². The second-order valence-electron chi connectivity index (χ2n) is 5.47. The molecular weight excluding hydrogens is 370 g/mol. The Hall–Kier alpha value is -2.21. The summed E-state index contributed by atoms with van der Waals surface area (Å²) in [6.07, 6.45) is 0.149. The zero-order chi connectivity index (χ0) is 17.5. The average Bonchev–Trinajstić information content (AvgIpc) is 2.54. The summed E-state index contributed by atoms with van der Waals surface area (Å²) in [6, 6.07) is 13.4. The van der Waals surface area contributed by atoms with Gasteiger partial charge in [-0.15, -0.1) is 0 Å². The van der Waals surface area contributed by atoms with E-state index >= 15 is 0 Å². The first-order chi connectivity index (χ1) is 11.5. The molecule has 0 radical (unpaired) electrons. The Balaban J connectivity index is 2.00. The number of halogens is 1. The molecule has 6 heteroatoms. The maximum atomic E-state index is 5.96. The quantitative estimate of drug-likeness (QED) is 0.572. The number of nitrogens with zero attached hydrogens (tertiary/aromatic N) is 1. The van der Waals surface area contributed by atoms with Crippen LogP contribution in [0.15, 0.2) is 51.9 Å². The highest BCUT2D eigenvalue weighted by molar-refractivity contribution is 9.10. The summed E-state index contributed by atoms with van der Waals surface area (Å²) in [4.78, 5) is 4.36. The van der Waals surface area contributed by atoms with Gasteiger partial charge in [0.25, 0.3) is 0 Å². The SMILES string of the molecule is COc1ccc(Br)cc1CN=C(N)Nc1ccc(OC(C)C)cc1. The number of aliphatic imine (C=N–C) groups is 1. The molecule has 0 bridgehead atoms. The molecule has 0 saturated carbocycles. The van der Waals surface area contributed by atoms with Crippen LogP contribution in [0.1, 0.15) is 19.4 Å². The molecular formula is C18H22BrN3O2. The number of hydrogen-bond acceptors (Lipinski definition) is 3. The molecule has 3 N–H and O–H groups in total. The molecule has 0 aliphatic rings. The predicted molar refractivity (Wildman–Crippen MR) is 102 cm³/mol. The standard InChI is InChI=1S/C18H22BrN3O2/c1-12(2)24-16-7-5-15(6-8-16)22-18(20)21-11-13-10-14(19)4-9-17(13)23-3/h4-10,12H,11H2,1-3H3,(H3,20,21,22). The Morgan fingerprint density at radius 1 is 1.21 bits per heavy atom. The van der Waals surface area contributed by atoms with Crippen molar-refractivity contribution in [3.05, 3.63) is 52.5 Å². The molecule has 0 amide bonds. The minimum absolute atomic E-state index is 0.149. The maximum Gasteiger partial charge on any atom is 0.193 e. The highest BCUT2D eigenvalue weighted by Gasteiger charge is 2.04. The summed E-state index contributed by atoms with van der Waals surface area (Å²) in [6.45, 7) is 4.41. The van der Waals surface area contributed by atoms with E-state index in [4.69, 9.17) is 15.2 Å². The number of rotatable bonds is 6. The predicted octanol–water partition coefficient (Wildman–Crippen LogP) is 4.17. The summed E-state index contributed by atoms with van der Waals surface area (Å²) in [7, 11) is 1.64. The molecule has 2 aromatic carbocycles. The number of hydrogen-bond donors (Lipinski definition) is 2. The first-order valence-electron chi connectivity index (χ1n) is 7.64. The fraction of sp³-hybridized carbons (Fsp3) is 0.278. The Morgan fingerprint density at radius 2 is 1.92 bits per heavy atom. The van der Waals surface area contributed by atoms with Crippen molar-refractivity contribution in [3.8, 4) is 11.5 Å². The smallest absolute Gasteiger partial charge is 0.193 e. The van der Waals surface area contributed by atoms with Gasteiger partial charge in [0.1, 0.15) is 11.5 Å². The van der Waals surface area contributed by atoms with Gasteiger partial charge >= 0.3 is 0 Å².